The van der Waals surface area contributed by atoms with E-state index in [-0.39, 0.29) is 11.3 Å². The lowest BCUT2D eigenvalue weighted by Gasteiger charge is -2.55. The van der Waals surface area contributed by atoms with Crippen LogP contribution in [-0.2, 0) is 11.4 Å². The Morgan fingerprint density at radius 2 is 1.53 bits per heavy atom. The van der Waals surface area contributed by atoms with Gasteiger partial charge in [-0.3, -0.25) is 4.79 Å². The summed E-state index contributed by atoms with van der Waals surface area (Å²) in [5.74, 6) is 3.15. The van der Waals surface area contributed by atoms with Gasteiger partial charge in [0.25, 0.3) is 0 Å². The smallest absolute Gasteiger partial charge is 0.232 e. The van der Waals surface area contributed by atoms with Crippen molar-refractivity contribution in [3.8, 4) is 5.75 Å². The number of thiocarbonyl (C=S) groups is 1. The maximum atomic E-state index is 13.1. The van der Waals surface area contributed by atoms with Gasteiger partial charge in [0.2, 0.25) is 5.91 Å². The van der Waals surface area contributed by atoms with Crippen molar-refractivity contribution in [3.05, 3.63) is 60.2 Å². The highest BCUT2D eigenvalue weighted by Gasteiger charge is 2.54. The van der Waals surface area contributed by atoms with Gasteiger partial charge in [0.05, 0.1) is 5.41 Å². The molecule has 0 aromatic heterocycles. The van der Waals surface area contributed by atoms with Crippen LogP contribution in [0.25, 0.3) is 0 Å². The number of hydrogen-bond acceptors (Lipinski definition) is 3. The Labute approximate surface area is 183 Å². The van der Waals surface area contributed by atoms with E-state index in [1.165, 1.54) is 19.3 Å². The van der Waals surface area contributed by atoms with Crippen LogP contribution in [-0.4, -0.2) is 11.0 Å². The summed E-state index contributed by atoms with van der Waals surface area (Å²) in [6.45, 7) is 0.535. The molecule has 0 spiro atoms. The standard InChI is InChI=1S/C25H28N2O2S/c28-23(25-13-18-10-19(14-25)12-20(11-18)15-25)27-24(30)26-21-6-8-22(9-7-21)29-16-17-4-2-1-3-5-17/h1-9,18-20H,10-16H2,(H2,26,27,28,30). The molecule has 4 aliphatic carbocycles. The molecule has 4 fully saturated rings. The predicted octanol–water partition coefficient (Wildman–Crippen LogP) is 5.30. The molecule has 4 saturated carbocycles. The van der Waals surface area contributed by atoms with Gasteiger partial charge in [0, 0.05) is 5.69 Å². The van der Waals surface area contributed by atoms with Gasteiger partial charge in [-0.1, -0.05) is 30.3 Å². The van der Waals surface area contributed by atoms with E-state index in [2.05, 4.69) is 10.6 Å². The van der Waals surface area contributed by atoms with Crippen LogP contribution in [0, 0.1) is 23.2 Å². The number of rotatable bonds is 5. The van der Waals surface area contributed by atoms with Crippen LogP contribution in [0.2, 0.25) is 0 Å². The maximum absolute atomic E-state index is 13.1. The fraction of sp³-hybridized carbons (Fsp3) is 0.440. The Morgan fingerprint density at radius 1 is 0.933 bits per heavy atom. The number of carbonyl (C=O) groups is 1. The molecule has 0 saturated heterocycles. The number of ether oxygens (including phenoxy) is 1. The van der Waals surface area contributed by atoms with Crippen molar-refractivity contribution in [2.75, 3.05) is 5.32 Å². The summed E-state index contributed by atoms with van der Waals surface area (Å²) in [4.78, 5) is 13.1. The van der Waals surface area contributed by atoms with Gasteiger partial charge >= 0.3 is 0 Å². The Kier molecular flexibility index (Phi) is 5.23. The summed E-state index contributed by atoms with van der Waals surface area (Å²) >= 11 is 5.44. The van der Waals surface area contributed by atoms with Crippen molar-refractivity contribution in [1.29, 1.82) is 0 Å². The van der Waals surface area contributed by atoms with Crippen molar-refractivity contribution in [1.82, 2.24) is 5.32 Å². The minimum atomic E-state index is -0.185. The summed E-state index contributed by atoms with van der Waals surface area (Å²) in [6, 6.07) is 17.8. The number of nitrogens with one attached hydrogen (secondary N) is 2. The maximum Gasteiger partial charge on any atom is 0.232 e. The van der Waals surface area contributed by atoms with Crippen LogP contribution < -0.4 is 15.4 Å². The molecule has 0 heterocycles. The van der Waals surface area contributed by atoms with Gasteiger partial charge < -0.3 is 15.4 Å². The second kappa shape index (κ2) is 8.03. The fourth-order valence-electron chi connectivity index (χ4n) is 6.16. The molecule has 5 heteroatoms. The molecule has 156 valence electrons. The summed E-state index contributed by atoms with van der Waals surface area (Å²) in [7, 11) is 0. The number of amides is 1. The average molecular weight is 421 g/mol. The first kappa shape index (κ1) is 19.6. The first-order valence-electron chi connectivity index (χ1n) is 11.0. The van der Waals surface area contributed by atoms with E-state index in [9.17, 15) is 4.79 Å². The first-order valence-corrected chi connectivity index (χ1v) is 11.4. The van der Waals surface area contributed by atoms with Crippen LogP contribution in [0.1, 0.15) is 44.1 Å². The van der Waals surface area contributed by atoms with Crippen LogP contribution in [0.5, 0.6) is 5.75 Å². The van der Waals surface area contributed by atoms with E-state index in [0.29, 0.717) is 11.7 Å². The van der Waals surface area contributed by atoms with Crippen LogP contribution in [0.15, 0.2) is 54.6 Å². The first-order chi connectivity index (χ1) is 14.6. The highest BCUT2D eigenvalue weighted by Crippen LogP contribution is 2.60. The van der Waals surface area contributed by atoms with E-state index in [1.807, 2.05) is 54.6 Å². The molecule has 0 atom stereocenters. The fourth-order valence-corrected chi connectivity index (χ4v) is 6.37. The topological polar surface area (TPSA) is 50.4 Å². The average Bonchev–Trinajstić information content (AvgIpc) is 2.73. The van der Waals surface area contributed by atoms with Crippen LogP contribution >= 0.6 is 12.2 Å². The monoisotopic (exact) mass is 420 g/mol. The Hall–Kier alpha value is -2.40. The molecular formula is C25H28N2O2S. The Morgan fingerprint density at radius 3 is 2.13 bits per heavy atom. The van der Waals surface area contributed by atoms with Crippen molar-refractivity contribution in [2.45, 2.75) is 45.1 Å². The SMILES string of the molecule is O=C(NC(=S)Nc1ccc(OCc2ccccc2)cc1)C12CC3CC(CC(C3)C1)C2. The number of benzene rings is 2. The van der Waals surface area contributed by atoms with Gasteiger partial charge in [0.1, 0.15) is 12.4 Å². The molecule has 2 N–H and O–H groups in total. The van der Waals surface area contributed by atoms with Gasteiger partial charge in [-0.25, -0.2) is 0 Å². The van der Waals surface area contributed by atoms with Gasteiger partial charge in [-0.05, 0) is 98.3 Å². The molecule has 0 radical (unpaired) electrons. The Balaban J connectivity index is 1.14. The zero-order valence-electron chi connectivity index (χ0n) is 17.1. The zero-order chi connectivity index (χ0) is 20.6. The lowest BCUT2D eigenvalue weighted by molar-refractivity contribution is -0.144. The molecule has 2 aromatic rings. The molecule has 4 nitrogen and oxygen atoms in total. The third-order valence-corrected chi connectivity index (χ3v) is 7.31. The van der Waals surface area contributed by atoms with E-state index in [1.54, 1.807) is 0 Å². The van der Waals surface area contributed by atoms with Gasteiger partial charge in [-0.2, -0.15) is 0 Å². The van der Waals surface area contributed by atoms with Crippen molar-refractivity contribution in [2.24, 2.45) is 23.2 Å². The lowest BCUT2D eigenvalue weighted by atomic mass is 9.49. The quantitative estimate of drug-likeness (QED) is 0.645. The van der Waals surface area contributed by atoms with E-state index < -0.39 is 0 Å². The van der Waals surface area contributed by atoms with Crippen molar-refractivity contribution >= 4 is 28.9 Å². The largest absolute Gasteiger partial charge is 0.489 e. The zero-order valence-corrected chi connectivity index (χ0v) is 17.9. The van der Waals surface area contributed by atoms with Crippen molar-refractivity contribution < 1.29 is 9.53 Å². The molecule has 6 rings (SSSR count). The van der Waals surface area contributed by atoms with Crippen LogP contribution in [0.4, 0.5) is 5.69 Å². The highest BCUT2D eigenvalue weighted by molar-refractivity contribution is 7.80. The van der Waals surface area contributed by atoms with E-state index >= 15 is 0 Å². The third-order valence-electron chi connectivity index (χ3n) is 7.11. The molecule has 0 aliphatic heterocycles. The van der Waals surface area contributed by atoms with Gasteiger partial charge in [-0.15, -0.1) is 0 Å². The summed E-state index contributed by atoms with van der Waals surface area (Å²) in [5, 5.41) is 6.53. The third kappa shape index (κ3) is 4.08. The summed E-state index contributed by atoms with van der Waals surface area (Å²) in [6.07, 6.45) is 7.11. The Bertz CT molecular complexity index is 891. The molecule has 4 aliphatic rings. The number of anilines is 1. The summed E-state index contributed by atoms with van der Waals surface area (Å²) < 4.78 is 5.82. The van der Waals surface area contributed by atoms with E-state index in [0.717, 1.165) is 54.0 Å². The predicted molar refractivity (Wildman–Crippen MR) is 122 cm³/mol. The second-order valence-corrected chi connectivity index (χ2v) is 9.81. The van der Waals surface area contributed by atoms with E-state index in [4.69, 9.17) is 17.0 Å². The molecule has 4 bridgehead atoms. The minimum absolute atomic E-state index is 0.127. The normalized spacial score (nSPS) is 28.7. The molecule has 1 amide bonds. The molecule has 2 aromatic carbocycles. The second-order valence-electron chi connectivity index (χ2n) is 9.40. The molecule has 0 unspecified atom stereocenters. The molecule has 30 heavy (non-hydrogen) atoms. The van der Waals surface area contributed by atoms with Gasteiger partial charge in [0.15, 0.2) is 5.11 Å². The van der Waals surface area contributed by atoms with Crippen LogP contribution in [0.3, 0.4) is 0 Å². The number of hydrogen-bond donors (Lipinski definition) is 2. The lowest BCUT2D eigenvalue weighted by Crippen LogP contribution is -2.55. The summed E-state index contributed by atoms with van der Waals surface area (Å²) in [5.41, 5.74) is 1.79. The minimum Gasteiger partial charge on any atom is -0.489 e. The number of carbonyl (C=O) groups excluding carboxylic acids is 1. The van der Waals surface area contributed by atoms with Crippen molar-refractivity contribution in [3.63, 3.8) is 0 Å². The molecular weight excluding hydrogens is 392 g/mol. The highest BCUT2D eigenvalue weighted by atomic mass is 32.1.